The Morgan fingerprint density at radius 3 is 2.69 bits per heavy atom. The fourth-order valence-corrected chi connectivity index (χ4v) is 2.58. The van der Waals surface area contributed by atoms with Crippen molar-refractivity contribution in [2.75, 3.05) is 0 Å². The van der Waals surface area contributed by atoms with Gasteiger partial charge < -0.3 is 5.73 Å². The highest BCUT2D eigenvalue weighted by Gasteiger charge is 2.29. The summed E-state index contributed by atoms with van der Waals surface area (Å²) in [6.45, 7) is 5.15. The van der Waals surface area contributed by atoms with Crippen molar-refractivity contribution in [1.29, 1.82) is 0 Å². The van der Waals surface area contributed by atoms with Crippen molar-refractivity contribution in [2.45, 2.75) is 58.5 Å². The van der Waals surface area contributed by atoms with Crippen molar-refractivity contribution >= 4 is 0 Å². The molecule has 1 saturated carbocycles. The van der Waals surface area contributed by atoms with Crippen molar-refractivity contribution in [3.05, 3.63) is 5.82 Å². The summed E-state index contributed by atoms with van der Waals surface area (Å²) >= 11 is 0. The first-order valence-electron chi connectivity index (χ1n) is 6.12. The maximum absolute atomic E-state index is 5.84. The third-order valence-corrected chi connectivity index (χ3v) is 3.56. The van der Waals surface area contributed by atoms with Crippen LogP contribution in [0.4, 0.5) is 0 Å². The van der Waals surface area contributed by atoms with Crippen molar-refractivity contribution in [1.82, 2.24) is 20.2 Å². The first kappa shape index (κ1) is 11.5. The molecule has 1 unspecified atom stereocenters. The number of hydrogen-bond donors (Lipinski definition) is 1. The maximum Gasteiger partial charge on any atom is 0.167 e. The lowest BCUT2D eigenvalue weighted by Crippen LogP contribution is -2.28. The Morgan fingerprint density at radius 1 is 1.38 bits per heavy atom. The molecule has 0 saturated heterocycles. The number of aromatic nitrogens is 4. The van der Waals surface area contributed by atoms with Gasteiger partial charge in [0.05, 0.1) is 12.6 Å². The van der Waals surface area contributed by atoms with E-state index in [1.54, 1.807) is 0 Å². The summed E-state index contributed by atoms with van der Waals surface area (Å²) in [6.07, 6.45) is 6.56. The Bertz CT molecular complexity index is 338. The van der Waals surface area contributed by atoms with Crippen LogP contribution in [0.2, 0.25) is 0 Å². The van der Waals surface area contributed by atoms with E-state index < -0.39 is 0 Å². The van der Waals surface area contributed by atoms with Crippen molar-refractivity contribution in [3.63, 3.8) is 0 Å². The third-order valence-electron chi connectivity index (χ3n) is 3.56. The highest BCUT2D eigenvalue weighted by atomic mass is 15.5. The maximum atomic E-state index is 5.84. The van der Waals surface area contributed by atoms with Gasteiger partial charge in [0.15, 0.2) is 5.82 Å². The molecule has 0 amide bonds. The molecule has 1 aromatic rings. The van der Waals surface area contributed by atoms with E-state index in [0.717, 1.165) is 12.4 Å². The quantitative estimate of drug-likeness (QED) is 0.846. The Balaban J connectivity index is 2.10. The lowest BCUT2D eigenvalue weighted by atomic mass is 9.76. The van der Waals surface area contributed by atoms with Crippen LogP contribution in [0.25, 0.3) is 0 Å². The van der Waals surface area contributed by atoms with E-state index in [2.05, 4.69) is 22.4 Å². The van der Waals surface area contributed by atoms with E-state index in [1.807, 2.05) is 11.6 Å². The van der Waals surface area contributed by atoms with E-state index in [4.69, 9.17) is 5.73 Å². The molecule has 2 N–H and O–H groups in total. The highest BCUT2D eigenvalue weighted by molar-refractivity contribution is 4.90. The molecule has 1 aromatic heterocycles. The van der Waals surface area contributed by atoms with Crippen molar-refractivity contribution in [2.24, 2.45) is 11.1 Å². The second-order valence-electron chi connectivity index (χ2n) is 5.35. The smallest absolute Gasteiger partial charge is 0.167 e. The van der Waals surface area contributed by atoms with Crippen LogP contribution >= 0.6 is 0 Å². The van der Waals surface area contributed by atoms with Gasteiger partial charge in [0.25, 0.3) is 0 Å². The Kier molecular flexibility index (Phi) is 3.23. The van der Waals surface area contributed by atoms with E-state index in [0.29, 0.717) is 5.41 Å². The molecule has 90 valence electrons. The molecule has 16 heavy (non-hydrogen) atoms. The largest absolute Gasteiger partial charge is 0.322 e. The average molecular weight is 223 g/mol. The number of rotatable bonds is 3. The second-order valence-corrected chi connectivity index (χ2v) is 5.35. The molecule has 1 atom stereocenters. The third kappa shape index (κ3) is 2.40. The highest BCUT2D eigenvalue weighted by Crippen LogP contribution is 2.37. The monoisotopic (exact) mass is 223 g/mol. The zero-order valence-electron chi connectivity index (χ0n) is 10.2. The number of nitrogens with zero attached hydrogens (tertiary/aromatic N) is 4. The fraction of sp³-hybridized carbons (Fsp3) is 0.909. The van der Waals surface area contributed by atoms with Crippen LogP contribution in [0.15, 0.2) is 0 Å². The summed E-state index contributed by atoms with van der Waals surface area (Å²) in [4.78, 5) is 0. The molecule has 5 nitrogen and oxygen atoms in total. The van der Waals surface area contributed by atoms with Gasteiger partial charge >= 0.3 is 0 Å². The minimum Gasteiger partial charge on any atom is -0.322 e. The summed E-state index contributed by atoms with van der Waals surface area (Å²) in [5.74, 6) is 0.798. The standard InChI is InChI=1S/C11H21N5/c1-9(12)10-13-14-15-16(10)8-11(2)6-4-3-5-7-11/h9H,3-8,12H2,1-2H3. The van der Waals surface area contributed by atoms with Gasteiger partial charge in [0.1, 0.15) is 0 Å². The molecule has 5 heteroatoms. The predicted molar refractivity (Wildman–Crippen MR) is 61.6 cm³/mol. The van der Waals surface area contributed by atoms with Crippen molar-refractivity contribution < 1.29 is 0 Å². The molecular weight excluding hydrogens is 202 g/mol. The van der Waals surface area contributed by atoms with E-state index in [9.17, 15) is 0 Å². The molecular formula is C11H21N5. The summed E-state index contributed by atoms with van der Waals surface area (Å²) < 4.78 is 1.88. The molecule has 1 fully saturated rings. The van der Waals surface area contributed by atoms with E-state index >= 15 is 0 Å². The van der Waals surface area contributed by atoms with Gasteiger partial charge in [-0.2, -0.15) is 0 Å². The second kappa shape index (κ2) is 4.49. The lowest BCUT2D eigenvalue weighted by molar-refractivity contribution is 0.171. The molecule has 1 aliphatic carbocycles. The van der Waals surface area contributed by atoms with Crippen LogP contribution in [-0.4, -0.2) is 20.2 Å². The van der Waals surface area contributed by atoms with Gasteiger partial charge in [-0.25, -0.2) is 4.68 Å². The fourth-order valence-electron chi connectivity index (χ4n) is 2.58. The number of nitrogens with two attached hydrogens (primary N) is 1. The van der Waals surface area contributed by atoms with Gasteiger partial charge in [0, 0.05) is 0 Å². The minimum atomic E-state index is -0.0952. The van der Waals surface area contributed by atoms with Crippen LogP contribution < -0.4 is 5.73 Å². The summed E-state index contributed by atoms with van der Waals surface area (Å²) in [5.41, 5.74) is 6.19. The predicted octanol–water partition coefficient (Wildman–Crippen LogP) is 1.66. The molecule has 1 aliphatic rings. The van der Waals surface area contributed by atoms with Crippen molar-refractivity contribution in [3.8, 4) is 0 Å². The first-order valence-corrected chi connectivity index (χ1v) is 6.12. The van der Waals surface area contributed by atoms with Crippen LogP contribution in [0.5, 0.6) is 0 Å². The topological polar surface area (TPSA) is 69.6 Å². The Labute approximate surface area is 96.4 Å². The van der Waals surface area contributed by atoms with Gasteiger partial charge in [-0.05, 0) is 35.6 Å². The van der Waals surface area contributed by atoms with Gasteiger partial charge in [-0.15, -0.1) is 5.10 Å². The summed E-state index contributed by atoms with van der Waals surface area (Å²) in [5, 5.41) is 11.8. The van der Waals surface area contributed by atoms with Gasteiger partial charge in [0.2, 0.25) is 0 Å². The normalized spacial score (nSPS) is 21.9. The van der Waals surface area contributed by atoms with Crippen LogP contribution in [0, 0.1) is 5.41 Å². The molecule has 1 heterocycles. The average Bonchev–Trinajstić information content (AvgIpc) is 2.66. The summed E-state index contributed by atoms with van der Waals surface area (Å²) in [7, 11) is 0. The Morgan fingerprint density at radius 2 is 2.06 bits per heavy atom. The van der Waals surface area contributed by atoms with Gasteiger partial charge in [-0.1, -0.05) is 26.2 Å². The molecule has 0 aromatic carbocycles. The Hall–Kier alpha value is -0.970. The molecule has 2 rings (SSSR count). The zero-order valence-corrected chi connectivity index (χ0v) is 10.2. The van der Waals surface area contributed by atoms with Gasteiger partial charge in [-0.3, -0.25) is 0 Å². The molecule has 0 bridgehead atoms. The first-order chi connectivity index (χ1) is 7.61. The molecule has 0 aliphatic heterocycles. The number of hydrogen-bond acceptors (Lipinski definition) is 4. The zero-order chi connectivity index (χ0) is 11.6. The van der Waals surface area contributed by atoms with Crippen LogP contribution in [0.3, 0.4) is 0 Å². The van der Waals surface area contributed by atoms with Crippen LogP contribution in [0.1, 0.15) is 57.8 Å². The van der Waals surface area contributed by atoms with E-state index in [-0.39, 0.29) is 6.04 Å². The molecule has 0 spiro atoms. The number of tetrazole rings is 1. The van der Waals surface area contributed by atoms with E-state index in [1.165, 1.54) is 32.1 Å². The lowest BCUT2D eigenvalue weighted by Gasteiger charge is -2.33. The SMILES string of the molecule is CC(N)c1nnnn1CC1(C)CCCCC1. The summed E-state index contributed by atoms with van der Waals surface area (Å²) in [6, 6.07) is -0.0952. The minimum absolute atomic E-state index is 0.0952. The van der Waals surface area contributed by atoms with Crippen LogP contribution in [-0.2, 0) is 6.54 Å². The molecule has 0 radical (unpaired) electrons.